The number of aliphatic imine (C=N–C) groups is 1. The maximum absolute atomic E-state index is 5.99. The molecule has 0 saturated heterocycles. The second kappa shape index (κ2) is 10.2. The standard InChI is InChI=1S/C16H19ClN8O.HI/c1-3-18-16(19-8-13-21-10-22-25(13)2)20-9-14-23-15(24-26-14)11-5-4-6-12(17)7-11;/h4-7,10H,3,8-9H2,1-2H3,(H2,18,19,20);1H. The van der Waals surface area contributed by atoms with Crippen molar-refractivity contribution in [2.45, 2.75) is 20.0 Å². The van der Waals surface area contributed by atoms with Gasteiger partial charge in [-0.25, -0.2) is 9.98 Å². The molecule has 9 nitrogen and oxygen atoms in total. The lowest BCUT2D eigenvalue weighted by Crippen LogP contribution is -2.37. The van der Waals surface area contributed by atoms with E-state index in [2.05, 4.69) is 35.8 Å². The lowest BCUT2D eigenvalue weighted by molar-refractivity contribution is 0.375. The van der Waals surface area contributed by atoms with Crippen LogP contribution >= 0.6 is 35.6 Å². The van der Waals surface area contributed by atoms with Crippen LogP contribution in [-0.4, -0.2) is 37.4 Å². The molecule has 144 valence electrons. The fraction of sp³-hybridized carbons (Fsp3) is 0.312. The Bertz CT molecular complexity index is 894. The van der Waals surface area contributed by atoms with E-state index in [4.69, 9.17) is 16.1 Å². The van der Waals surface area contributed by atoms with Gasteiger partial charge in [-0.05, 0) is 19.1 Å². The van der Waals surface area contributed by atoms with E-state index >= 15 is 0 Å². The normalized spacial score (nSPS) is 11.1. The smallest absolute Gasteiger partial charge is 0.246 e. The molecule has 0 aliphatic carbocycles. The van der Waals surface area contributed by atoms with Gasteiger partial charge in [-0.15, -0.1) is 24.0 Å². The van der Waals surface area contributed by atoms with Gasteiger partial charge in [0.25, 0.3) is 0 Å². The van der Waals surface area contributed by atoms with Gasteiger partial charge in [0, 0.05) is 24.2 Å². The lowest BCUT2D eigenvalue weighted by Gasteiger charge is -2.09. The van der Waals surface area contributed by atoms with Crippen LogP contribution in [0.2, 0.25) is 5.02 Å². The molecule has 11 heteroatoms. The molecule has 27 heavy (non-hydrogen) atoms. The number of rotatable bonds is 6. The zero-order chi connectivity index (χ0) is 18.4. The number of benzene rings is 1. The molecule has 2 heterocycles. The molecule has 0 spiro atoms. The van der Waals surface area contributed by atoms with Gasteiger partial charge < -0.3 is 15.2 Å². The summed E-state index contributed by atoms with van der Waals surface area (Å²) in [6, 6.07) is 7.30. The van der Waals surface area contributed by atoms with Gasteiger partial charge in [0.2, 0.25) is 11.7 Å². The van der Waals surface area contributed by atoms with Crippen molar-refractivity contribution in [1.82, 2.24) is 35.5 Å². The maximum atomic E-state index is 5.99. The first-order valence-corrected chi connectivity index (χ1v) is 8.47. The summed E-state index contributed by atoms with van der Waals surface area (Å²) in [5, 5.41) is 14.9. The Morgan fingerprint density at radius 3 is 2.89 bits per heavy atom. The molecular weight excluding hydrogens is 483 g/mol. The molecule has 3 rings (SSSR count). The number of hydrogen-bond acceptors (Lipinski definition) is 6. The van der Waals surface area contributed by atoms with Gasteiger partial charge in [-0.3, -0.25) is 4.68 Å². The highest BCUT2D eigenvalue weighted by Gasteiger charge is 2.10. The molecule has 2 N–H and O–H groups in total. The summed E-state index contributed by atoms with van der Waals surface area (Å²) in [6.07, 6.45) is 1.50. The van der Waals surface area contributed by atoms with Crippen LogP contribution in [0.3, 0.4) is 0 Å². The second-order valence-electron chi connectivity index (χ2n) is 5.37. The Hall–Kier alpha value is -2.21. The number of guanidine groups is 1. The van der Waals surface area contributed by atoms with Crippen LogP contribution in [0.4, 0.5) is 0 Å². The minimum atomic E-state index is 0. The van der Waals surface area contributed by atoms with Gasteiger partial charge in [0.1, 0.15) is 18.7 Å². The molecule has 0 radical (unpaired) electrons. The molecule has 0 fully saturated rings. The first-order chi connectivity index (χ1) is 12.7. The number of nitrogens with zero attached hydrogens (tertiary/aromatic N) is 6. The highest BCUT2D eigenvalue weighted by molar-refractivity contribution is 14.0. The van der Waals surface area contributed by atoms with E-state index in [0.29, 0.717) is 35.8 Å². The van der Waals surface area contributed by atoms with Crippen LogP contribution in [0.25, 0.3) is 11.4 Å². The number of aromatic nitrogens is 5. The van der Waals surface area contributed by atoms with Crippen molar-refractivity contribution in [2.24, 2.45) is 12.0 Å². The van der Waals surface area contributed by atoms with E-state index in [9.17, 15) is 0 Å². The van der Waals surface area contributed by atoms with Crippen LogP contribution in [0.15, 0.2) is 40.1 Å². The Morgan fingerprint density at radius 1 is 1.33 bits per heavy atom. The fourth-order valence-electron chi connectivity index (χ4n) is 2.19. The molecular formula is C16H20ClIN8O. The number of halogens is 2. The van der Waals surface area contributed by atoms with Crippen LogP contribution in [0.5, 0.6) is 0 Å². The highest BCUT2D eigenvalue weighted by Crippen LogP contribution is 2.19. The predicted molar refractivity (Wildman–Crippen MR) is 113 cm³/mol. The van der Waals surface area contributed by atoms with E-state index in [0.717, 1.165) is 17.9 Å². The largest absolute Gasteiger partial charge is 0.357 e. The molecule has 0 saturated carbocycles. The maximum Gasteiger partial charge on any atom is 0.246 e. The molecule has 2 aromatic heterocycles. The van der Waals surface area contributed by atoms with E-state index in [1.54, 1.807) is 16.8 Å². The van der Waals surface area contributed by atoms with Crippen molar-refractivity contribution >= 4 is 41.5 Å². The zero-order valence-electron chi connectivity index (χ0n) is 14.9. The van der Waals surface area contributed by atoms with Crippen molar-refractivity contribution in [2.75, 3.05) is 6.54 Å². The van der Waals surface area contributed by atoms with E-state index in [1.165, 1.54) is 6.33 Å². The molecule has 1 aromatic carbocycles. The Kier molecular flexibility index (Phi) is 7.98. The minimum Gasteiger partial charge on any atom is -0.357 e. The molecule has 0 aliphatic heterocycles. The van der Waals surface area contributed by atoms with E-state index in [1.807, 2.05) is 26.1 Å². The van der Waals surface area contributed by atoms with Crippen molar-refractivity contribution < 1.29 is 4.52 Å². The Morgan fingerprint density at radius 2 is 2.19 bits per heavy atom. The molecule has 3 aromatic rings. The van der Waals surface area contributed by atoms with Crippen LogP contribution in [-0.2, 0) is 20.1 Å². The monoisotopic (exact) mass is 502 g/mol. The Balaban J connectivity index is 0.00000261. The summed E-state index contributed by atoms with van der Waals surface area (Å²) in [6.45, 7) is 3.47. The minimum absolute atomic E-state index is 0. The molecule has 0 aliphatic rings. The average molecular weight is 503 g/mol. The molecule has 0 amide bonds. The highest BCUT2D eigenvalue weighted by atomic mass is 127. The topological polar surface area (TPSA) is 106 Å². The summed E-state index contributed by atoms with van der Waals surface area (Å²) in [5.74, 6) is 2.33. The van der Waals surface area contributed by atoms with Crippen molar-refractivity contribution in [3.63, 3.8) is 0 Å². The van der Waals surface area contributed by atoms with Crippen molar-refractivity contribution in [1.29, 1.82) is 0 Å². The van der Waals surface area contributed by atoms with Crippen LogP contribution in [0, 0.1) is 0 Å². The third-order valence-electron chi connectivity index (χ3n) is 3.49. The van der Waals surface area contributed by atoms with E-state index in [-0.39, 0.29) is 24.0 Å². The summed E-state index contributed by atoms with van der Waals surface area (Å²) in [7, 11) is 1.83. The second-order valence-corrected chi connectivity index (χ2v) is 5.81. The number of hydrogen-bond donors (Lipinski definition) is 2. The molecule has 0 atom stereocenters. The third-order valence-corrected chi connectivity index (χ3v) is 3.72. The van der Waals surface area contributed by atoms with Gasteiger partial charge in [0.05, 0.1) is 6.54 Å². The van der Waals surface area contributed by atoms with Crippen LogP contribution in [0.1, 0.15) is 18.6 Å². The van der Waals surface area contributed by atoms with E-state index < -0.39 is 0 Å². The molecule has 0 bridgehead atoms. The van der Waals surface area contributed by atoms with Gasteiger partial charge in [-0.1, -0.05) is 28.9 Å². The quantitative estimate of drug-likeness (QED) is 0.303. The summed E-state index contributed by atoms with van der Waals surface area (Å²) >= 11 is 5.99. The Labute approximate surface area is 178 Å². The van der Waals surface area contributed by atoms with Crippen molar-refractivity contribution in [3.05, 3.63) is 47.3 Å². The summed E-state index contributed by atoms with van der Waals surface area (Å²) in [5.41, 5.74) is 0.801. The zero-order valence-corrected chi connectivity index (χ0v) is 18.0. The average Bonchev–Trinajstić information content (AvgIpc) is 3.26. The number of nitrogens with one attached hydrogen (secondary N) is 2. The van der Waals surface area contributed by atoms with Gasteiger partial charge in [-0.2, -0.15) is 10.1 Å². The first-order valence-electron chi connectivity index (χ1n) is 8.09. The summed E-state index contributed by atoms with van der Waals surface area (Å²) in [4.78, 5) is 13.0. The first kappa shape index (κ1) is 21.1. The fourth-order valence-corrected chi connectivity index (χ4v) is 2.38. The summed E-state index contributed by atoms with van der Waals surface area (Å²) < 4.78 is 6.96. The predicted octanol–water partition coefficient (Wildman–Crippen LogP) is 2.39. The number of aryl methyl sites for hydroxylation is 1. The van der Waals surface area contributed by atoms with Gasteiger partial charge in [0.15, 0.2) is 5.96 Å². The van der Waals surface area contributed by atoms with Crippen LogP contribution < -0.4 is 10.6 Å². The lowest BCUT2D eigenvalue weighted by atomic mass is 10.2. The molecule has 0 unspecified atom stereocenters. The van der Waals surface area contributed by atoms with Gasteiger partial charge >= 0.3 is 0 Å². The van der Waals surface area contributed by atoms with Crippen molar-refractivity contribution in [3.8, 4) is 11.4 Å². The third kappa shape index (κ3) is 5.89. The SMILES string of the molecule is CCNC(=NCc1ncnn1C)NCc1nc(-c2cccc(Cl)c2)no1.I.